The zero-order valence-electron chi connectivity index (χ0n) is 9.79. The number of hydrogen-bond donors (Lipinski definition) is 0. The Labute approximate surface area is 99.6 Å². The van der Waals surface area contributed by atoms with Crippen molar-refractivity contribution in [2.75, 3.05) is 14.1 Å². The molecule has 2 rings (SSSR count). The lowest BCUT2D eigenvalue weighted by molar-refractivity contribution is 0.100. The fourth-order valence-electron chi connectivity index (χ4n) is 1.53. The van der Waals surface area contributed by atoms with E-state index in [0.717, 1.165) is 10.9 Å². The Bertz CT molecular complexity index is 570. The molecule has 0 spiro atoms. The van der Waals surface area contributed by atoms with Gasteiger partial charge in [-0.2, -0.15) is 4.99 Å². The third-order valence-electron chi connectivity index (χ3n) is 2.28. The predicted molar refractivity (Wildman–Crippen MR) is 68.3 cm³/mol. The van der Waals surface area contributed by atoms with Crippen molar-refractivity contribution >= 4 is 23.1 Å². The molecule has 1 heterocycles. The minimum Gasteiger partial charge on any atom is -0.369 e. The number of carbonyl (C=O) groups is 1. The van der Waals surface area contributed by atoms with E-state index in [1.165, 1.54) is 6.34 Å². The Morgan fingerprint density at radius 3 is 2.88 bits per heavy atom. The molecule has 0 saturated carbocycles. The summed E-state index contributed by atoms with van der Waals surface area (Å²) in [5.74, 6) is -0.252. The minimum atomic E-state index is -0.252. The van der Waals surface area contributed by atoms with Gasteiger partial charge in [0.2, 0.25) is 0 Å². The van der Waals surface area contributed by atoms with Crippen LogP contribution in [0.4, 0.5) is 0 Å². The van der Waals surface area contributed by atoms with Gasteiger partial charge in [0.1, 0.15) is 0 Å². The van der Waals surface area contributed by atoms with E-state index < -0.39 is 0 Å². The van der Waals surface area contributed by atoms with Gasteiger partial charge in [-0.05, 0) is 18.2 Å². The van der Waals surface area contributed by atoms with Crippen LogP contribution in [0.2, 0.25) is 0 Å². The SMILES string of the molecule is CN(C)C=NC(=O)c1cccc2ncccc12. The summed E-state index contributed by atoms with van der Waals surface area (Å²) in [6, 6.07) is 9.14. The van der Waals surface area contributed by atoms with Crippen molar-refractivity contribution in [1.82, 2.24) is 9.88 Å². The van der Waals surface area contributed by atoms with Gasteiger partial charge in [-0.1, -0.05) is 12.1 Å². The maximum Gasteiger partial charge on any atom is 0.279 e. The van der Waals surface area contributed by atoms with Crippen molar-refractivity contribution < 1.29 is 4.79 Å². The third kappa shape index (κ3) is 2.47. The number of aliphatic imine (C=N–C) groups is 1. The zero-order chi connectivity index (χ0) is 12.3. The summed E-state index contributed by atoms with van der Waals surface area (Å²) in [7, 11) is 3.64. The molecule has 0 atom stereocenters. The first kappa shape index (κ1) is 11.3. The van der Waals surface area contributed by atoms with Crippen LogP contribution < -0.4 is 0 Å². The summed E-state index contributed by atoms with van der Waals surface area (Å²) < 4.78 is 0. The molecular formula is C13H13N3O. The predicted octanol–water partition coefficient (Wildman–Crippen LogP) is 1.96. The largest absolute Gasteiger partial charge is 0.369 e. The van der Waals surface area contributed by atoms with E-state index in [0.29, 0.717) is 5.56 Å². The average molecular weight is 227 g/mol. The molecule has 0 aliphatic heterocycles. The van der Waals surface area contributed by atoms with Crippen LogP contribution >= 0.6 is 0 Å². The van der Waals surface area contributed by atoms with Crippen LogP contribution in [0.3, 0.4) is 0 Å². The van der Waals surface area contributed by atoms with Crippen LogP contribution in [0, 0.1) is 0 Å². The van der Waals surface area contributed by atoms with Crippen LogP contribution in [0.25, 0.3) is 10.9 Å². The summed E-state index contributed by atoms with van der Waals surface area (Å²) in [4.78, 5) is 21.7. The van der Waals surface area contributed by atoms with Gasteiger partial charge in [0.15, 0.2) is 0 Å². The first-order chi connectivity index (χ1) is 8.18. The lowest BCUT2D eigenvalue weighted by Gasteiger charge is -2.03. The summed E-state index contributed by atoms with van der Waals surface area (Å²) in [5.41, 5.74) is 1.38. The number of fused-ring (bicyclic) bond motifs is 1. The van der Waals surface area contributed by atoms with Gasteiger partial charge in [-0.3, -0.25) is 9.78 Å². The molecule has 86 valence electrons. The number of rotatable bonds is 2. The van der Waals surface area contributed by atoms with E-state index >= 15 is 0 Å². The van der Waals surface area contributed by atoms with Gasteiger partial charge in [0.25, 0.3) is 5.91 Å². The number of carbonyl (C=O) groups excluding carboxylic acids is 1. The molecule has 0 aliphatic rings. The Balaban J connectivity index is 2.45. The number of benzene rings is 1. The van der Waals surface area contributed by atoms with Crippen molar-refractivity contribution in [2.24, 2.45) is 4.99 Å². The molecule has 4 heteroatoms. The Morgan fingerprint density at radius 1 is 1.29 bits per heavy atom. The monoisotopic (exact) mass is 227 g/mol. The number of hydrogen-bond acceptors (Lipinski definition) is 2. The minimum absolute atomic E-state index is 0.252. The highest BCUT2D eigenvalue weighted by Crippen LogP contribution is 2.16. The molecular weight excluding hydrogens is 214 g/mol. The van der Waals surface area contributed by atoms with Gasteiger partial charge >= 0.3 is 0 Å². The van der Waals surface area contributed by atoms with Crippen LogP contribution in [-0.2, 0) is 0 Å². The molecule has 0 saturated heterocycles. The number of aromatic nitrogens is 1. The second-order valence-corrected chi connectivity index (χ2v) is 3.89. The number of nitrogens with zero attached hydrogens (tertiary/aromatic N) is 3. The lowest BCUT2D eigenvalue weighted by Crippen LogP contribution is -2.10. The first-order valence-electron chi connectivity index (χ1n) is 5.27. The van der Waals surface area contributed by atoms with Crippen LogP contribution in [0.1, 0.15) is 10.4 Å². The smallest absolute Gasteiger partial charge is 0.279 e. The normalized spacial score (nSPS) is 10.9. The molecule has 1 aromatic carbocycles. The van der Waals surface area contributed by atoms with Crippen molar-refractivity contribution in [3.63, 3.8) is 0 Å². The van der Waals surface area contributed by atoms with Crippen molar-refractivity contribution in [3.8, 4) is 0 Å². The second-order valence-electron chi connectivity index (χ2n) is 3.89. The highest BCUT2D eigenvalue weighted by atomic mass is 16.1. The van der Waals surface area contributed by atoms with E-state index in [9.17, 15) is 4.79 Å². The molecule has 1 aromatic heterocycles. The first-order valence-corrected chi connectivity index (χ1v) is 5.27. The van der Waals surface area contributed by atoms with Gasteiger partial charge in [0.05, 0.1) is 17.4 Å². The fourth-order valence-corrected chi connectivity index (χ4v) is 1.53. The topological polar surface area (TPSA) is 45.6 Å². The fraction of sp³-hybridized carbons (Fsp3) is 0.154. The Kier molecular flexibility index (Phi) is 3.14. The Hall–Kier alpha value is -2.23. The maximum atomic E-state index is 11.9. The molecule has 4 nitrogen and oxygen atoms in total. The molecule has 0 fully saturated rings. The standard InChI is InChI=1S/C13H13N3O/c1-16(2)9-15-13(17)11-5-3-7-12-10(11)6-4-8-14-12/h3-9H,1-2H3. The Morgan fingerprint density at radius 2 is 2.12 bits per heavy atom. The average Bonchev–Trinajstić information content (AvgIpc) is 2.35. The quantitative estimate of drug-likeness (QED) is 0.582. The molecule has 0 N–H and O–H groups in total. The highest BCUT2D eigenvalue weighted by molar-refractivity contribution is 6.08. The molecule has 0 radical (unpaired) electrons. The van der Waals surface area contributed by atoms with E-state index in [2.05, 4.69) is 9.98 Å². The molecule has 17 heavy (non-hydrogen) atoms. The zero-order valence-corrected chi connectivity index (χ0v) is 9.79. The van der Waals surface area contributed by atoms with Gasteiger partial charge in [0, 0.05) is 25.7 Å². The maximum absolute atomic E-state index is 11.9. The second kappa shape index (κ2) is 4.74. The summed E-state index contributed by atoms with van der Waals surface area (Å²) in [6.07, 6.45) is 3.21. The van der Waals surface area contributed by atoms with E-state index in [1.54, 1.807) is 17.2 Å². The summed E-state index contributed by atoms with van der Waals surface area (Å²) in [6.45, 7) is 0. The van der Waals surface area contributed by atoms with Crippen molar-refractivity contribution in [3.05, 3.63) is 42.1 Å². The van der Waals surface area contributed by atoms with E-state index in [1.807, 2.05) is 38.4 Å². The van der Waals surface area contributed by atoms with Crippen LogP contribution in [0.5, 0.6) is 0 Å². The molecule has 0 unspecified atom stereocenters. The molecule has 2 aromatic rings. The molecule has 0 bridgehead atoms. The molecule has 1 amide bonds. The van der Waals surface area contributed by atoms with Gasteiger partial charge in [-0.25, -0.2) is 0 Å². The highest BCUT2D eigenvalue weighted by Gasteiger charge is 2.08. The van der Waals surface area contributed by atoms with E-state index in [-0.39, 0.29) is 5.91 Å². The summed E-state index contributed by atoms with van der Waals surface area (Å²) >= 11 is 0. The van der Waals surface area contributed by atoms with Crippen LogP contribution in [-0.4, -0.2) is 36.2 Å². The van der Waals surface area contributed by atoms with Crippen molar-refractivity contribution in [2.45, 2.75) is 0 Å². The van der Waals surface area contributed by atoms with Crippen molar-refractivity contribution in [1.29, 1.82) is 0 Å². The molecule has 0 aliphatic carbocycles. The number of amides is 1. The lowest BCUT2D eigenvalue weighted by atomic mass is 10.1. The van der Waals surface area contributed by atoms with Gasteiger partial charge in [-0.15, -0.1) is 0 Å². The van der Waals surface area contributed by atoms with Gasteiger partial charge < -0.3 is 4.90 Å². The summed E-state index contributed by atoms with van der Waals surface area (Å²) in [5, 5.41) is 0.830. The number of pyridine rings is 1. The van der Waals surface area contributed by atoms with Crippen LogP contribution in [0.15, 0.2) is 41.5 Å². The van der Waals surface area contributed by atoms with E-state index in [4.69, 9.17) is 0 Å². The third-order valence-corrected chi connectivity index (χ3v) is 2.28.